The second kappa shape index (κ2) is 20.5. The summed E-state index contributed by atoms with van der Waals surface area (Å²) < 4.78 is 11.7. The molecule has 0 atom stereocenters. The van der Waals surface area contributed by atoms with Crippen molar-refractivity contribution in [1.29, 1.82) is 0 Å². The standard InChI is InChI=1S/C71H74N5O2.Pt/c1-39(2)48-26-19-27-49(40(3)4)62(48)75-59-31-21-30-52(61(59)74-68(75)55-37-47(70(11,12)13)38-56(65(55)77)71(14,15)16)45-24-18-25-46(36-45)67-72-58-35-32-53-54-33-34-57(60-43(9)22-17-23-44(60)10)73-69(54)78-66(53)64(58)76(67)63-50(41(5)6)28-20-29-51(63)42(7)8;/h17-35,37-42,77H,1-16H3;/q-1;. The molecule has 8 heteroatoms. The SMILES string of the molecule is Cc1cccc(C)c1-c1ccc2c(n1)oc1c2ccc2nc(-c3[c-]c(-c4cccc5c4nc(-c4cc(C(C)(C)C)cc(C(C)(C)C)c4O)n5-c4c(C(C)C)cccc4C(C)C)ccc3)n(-c3c(C(C)C)cccc3C(C)C)c21.[Pt]. The van der Waals surface area contributed by atoms with Crippen LogP contribution in [0.25, 0.3) is 101 Å². The molecular formula is C71H74N5O2Pt-. The molecule has 0 saturated carbocycles. The second-order valence-electron chi connectivity index (χ2n) is 25.0. The van der Waals surface area contributed by atoms with E-state index in [0.717, 1.165) is 94.7 Å². The zero-order valence-electron chi connectivity index (χ0n) is 48.8. The maximum absolute atomic E-state index is 12.7. The zero-order chi connectivity index (χ0) is 55.4. The summed E-state index contributed by atoms with van der Waals surface area (Å²) in [4.78, 5) is 16.6. The van der Waals surface area contributed by atoms with Gasteiger partial charge >= 0.3 is 0 Å². The minimum Gasteiger partial charge on any atom is -0.507 e. The predicted octanol–water partition coefficient (Wildman–Crippen LogP) is 19.5. The molecule has 4 heterocycles. The number of hydrogen-bond donors (Lipinski definition) is 1. The Kier molecular flexibility index (Phi) is 14.4. The molecule has 7 nitrogen and oxygen atoms in total. The molecule has 0 amide bonds. The van der Waals surface area contributed by atoms with Gasteiger partial charge < -0.3 is 14.1 Å². The van der Waals surface area contributed by atoms with Gasteiger partial charge in [-0.15, -0.1) is 29.8 Å². The Balaban J connectivity index is 0.00000704. The van der Waals surface area contributed by atoms with E-state index in [1.54, 1.807) is 0 Å². The van der Waals surface area contributed by atoms with Crippen molar-refractivity contribution in [2.75, 3.05) is 0 Å². The number of benzene rings is 7. The summed E-state index contributed by atoms with van der Waals surface area (Å²) in [5.41, 5.74) is 21.2. The molecule has 79 heavy (non-hydrogen) atoms. The van der Waals surface area contributed by atoms with E-state index in [9.17, 15) is 5.11 Å². The van der Waals surface area contributed by atoms with Crippen LogP contribution in [0.15, 0.2) is 132 Å². The van der Waals surface area contributed by atoms with Crippen LogP contribution in [0, 0.1) is 19.9 Å². The van der Waals surface area contributed by atoms with Crippen LogP contribution in [-0.4, -0.2) is 29.2 Å². The van der Waals surface area contributed by atoms with Gasteiger partial charge in [0, 0.05) is 48.7 Å². The van der Waals surface area contributed by atoms with Gasteiger partial charge in [-0.1, -0.05) is 181 Å². The first-order chi connectivity index (χ1) is 37.0. The van der Waals surface area contributed by atoms with Gasteiger partial charge in [-0.2, -0.15) is 0 Å². The van der Waals surface area contributed by atoms with E-state index in [1.807, 2.05) is 0 Å². The van der Waals surface area contributed by atoms with E-state index >= 15 is 0 Å². The Bertz CT molecular complexity index is 4100. The molecule has 0 aliphatic rings. The molecule has 4 aromatic heterocycles. The largest absolute Gasteiger partial charge is 0.507 e. The van der Waals surface area contributed by atoms with Crippen molar-refractivity contribution in [3.8, 4) is 62.3 Å². The molecule has 0 radical (unpaired) electrons. The molecule has 11 aromatic rings. The van der Waals surface area contributed by atoms with Crippen LogP contribution in [0.3, 0.4) is 0 Å². The third-order valence-electron chi connectivity index (χ3n) is 16.0. The molecule has 0 fully saturated rings. The first-order valence-electron chi connectivity index (χ1n) is 28.0. The molecule has 0 aliphatic carbocycles. The number of para-hydroxylation sites is 3. The number of aryl methyl sites for hydroxylation is 2. The molecule has 11 rings (SSSR count). The third kappa shape index (κ3) is 9.44. The molecule has 0 saturated heterocycles. The van der Waals surface area contributed by atoms with E-state index in [1.165, 1.54) is 33.4 Å². The van der Waals surface area contributed by atoms with Crippen LogP contribution in [0.5, 0.6) is 5.75 Å². The van der Waals surface area contributed by atoms with Crippen molar-refractivity contribution in [2.24, 2.45) is 0 Å². The normalized spacial score (nSPS) is 12.5. The van der Waals surface area contributed by atoms with Crippen molar-refractivity contribution in [1.82, 2.24) is 24.1 Å². The van der Waals surface area contributed by atoms with Crippen molar-refractivity contribution in [2.45, 2.75) is 145 Å². The Labute approximate surface area is 481 Å². The van der Waals surface area contributed by atoms with Gasteiger partial charge in [-0.3, -0.25) is 9.55 Å². The van der Waals surface area contributed by atoms with E-state index < -0.39 is 0 Å². The molecule has 0 unspecified atom stereocenters. The molecule has 406 valence electrons. The average Bonchev–Trinajstić information content (AvgIpc) is 3.86. The number of phenolic OH excluding ortho intramolecular Hbond substituents is 1. The summed E-state index contributed by atoms with van der Waals surface area (Å²) in [6.07, 6.45) is 0. The van der Waals surface area contributed by atoms with Crippen molar-refractivity contribution in [3.05, 3.63) is 178 Å². The average molecular weight is 1220 g/mol. The van der Waals surface area contributed by atoms with Crippen LogP contribution in [0.1, 0.15) is 165 Å². The van der Waals surface area contributed by atoms with Crippen LogP contribution < -0.4 is 0 Å². The first kappa shape index (κ1) is 55.2. The minimum atomic E-state index is -0.337. The van der Waals surface area contributed by atoms with E-state index in [2.05, 4.69) is 253 Å². The molecule has 0 bridgehead atoms. The van der Waals surface area contributed by atoms with Gasteiger partial charge in [0.1, 0.15) is 17.1 Å². The summed E-state index contributed by atoms with van der Waals surface area (Å²) >= 11 is 0. The molecule has 1 N–H and O–H groups in total. The fourth-order valence-electron chi connectivity index (χ4n) is 11.9. The Morgan fingerprint density at radius 3 is 1.66 bits per heavy atom. The number of furan rings is 1. The number of phenols is 1. The fourth-order valence-corrected chi connectivity index (χ4v) is 11.9. The minimum absolute atomic E-state index is 0. The molecular weight excluding hydrogens is 1150 g/mol. The summed E-state index contributed by atoms with van der Waals surface area (Å²) in [5.74, 6) is 2.57. The third-order valence-corrected chi connectivity index (χ3v) is 16.0. The molecule has 0 spiro atoms. The van der Waals surface area contributed by atoms with Crippen molar-refractivity contribution < 1.29 is 30.6 Å². The van der Waals surface area contributed by atoms with Crippen LogP contribution >= 0.6 is 0 Å². The van der Waals surface area contributed by atoms with Crippen molar-refractivity contribution >= 4 is 44.1 Å². The summed E-state index contributed by atoms with van der Waals surface area (Å²) in [6, 6.07) is 49.5. The number of hydrogen-bond acceptors (Lipinski definition) is 5. The quantitative estimate of drug-likeness (QED) is 0.138. The van der Waals surface area contributed by atoms with Gasteiger partial charge in [0.2, 0.25) is 5.71 Å². The molecule has 7 aromatic carbocycles. The number of imidazole rings is 2. The first-order valence-corrected chi connectivity index (χ1v) is 28.0. The number of aromatic nitrogens is 5. The van der Waals surface area contributed by atoms with Gasteiger partial charge in [0.15, 0.2) is 5.58 Å². The topological polar surface area (TPSA) is 81.9 Å². The summed E-state index contributed by atoms with van der Waals surface area (Å²) in [5, 5.41) is 14.6. The number of nitrogens with zero attached hydrogens (tertiary/aromatic N) is 5. The zero-order valence-corrected chi connectivity index (χ0v) is 51.1. The number of pyridine rings is 1. The predicted molar refractivity (Wildman–Crippen MR) is 326 cm³/mol. The smallest absolute Gasteiger partial charge is 0.227 e. The van der Waals surface area contributed by atoms with Crippen LogP contribution in [0.2, 0.25) is 0 Å². The Hall–Kier alpha value is -7.08. The summed E-state index contributed by atoms with van der Waals surface area (Å²) in [7, 11) is 0. The Morgan fingerprint density at radius 1 is 0.532 bits per heavy atom. The maximum Gasteiger partial charge on any atom is 0.227 e. The van der Waals surface area contributed by atoms with Gasteiger partial charge in [-0.05, 0) is 124 Å². The number of rotatable bonds is 10. The van der Waals surface area contributed by atoms with Gasteiger partial charge in [-0.25, -0.2) is 9.97 Å². The van der Waals surface area contributed by atoms with Crippen LogP contribution in [0.4, 0.5) is 0 Å². The Morgan fingerprint density at radius 2 is 1.08 bits per heavy atom. The fraction of sp³-hybridized carbons (Fsp3) is 0.310. The summed E-state index contributed by atoms with van der Waals surface area (Å²) in [6.45, 7) is 35.6. The van der Waals surface area contributed by atoms with Gasteiger partial charge in [0.25, 0.3) is 0 Å². The molecule has 0 aliphatic heterocycles. The van der Waals surface area contributed by atoms with Crippen LogP contribution in [-0.2, 0) is 31.9 Å². The van der Waals surface area contributed by atoms with E-state index in [0.29, 0.717) is 17.1 Å². The van der Waals surface area contributed by atoms with Crippen molar-refractivity contribution in [3.63, 3.8) is 0 Å². The van der Waals surface area contributed by atoms with Gasteiger partial charge in [0.05, 0.1) is 39.3 Å². The number of aromatic hydroxyl groups is 1. The second-order valence-corrected chi connectivity index (χ2v) is 25.0. The van der Waals surface area contributed by atoms with E-state index in [-0.39, 0.29) is 61.3 Å². The van der Waals surface area contributed by atoms with E-state index in [4.69, 9.17) is 19.4 Å². The number of fused-ring (bicyclic) bond motifs is 6. The monoisotopic (exact) mass is 1220 g/mol. The maximum atomic E-state index is 12.7.